The van der Waals surface area contributed by atoms with Crippen molar-refractivity contribution < 1.29 is 4.74 Å². The molecular formula is C16H14BrN3O. The van der Waals surface area contributed by atoms with Gasteiger partial charge in [-0.05, 0) is 42.0 Å². The zero-order valence-electron chi connectivity index (χ0n) is 11.7. The highest BCUT2D eigenvalue weighted by Crippen LogP contribution is 2.29. The maximum atomic E-state index is 5.89. The van der Waals surface area contributed by atoms with Gasteiger partial charge in [0, 0.05) is 11.5 Å². The molecule has 106 valence electrons. The number of hydrogen-bond acceptors (Lipinski definition) is 4. The van der Waals surface area contributed by atoms with E-state index in [4.69, 9.17) is 4.74 Å². The molecule has 0 unspecified atom stereocenters. The summed E-state index contributed by atoms with van der Waals surface area (Å²) in [6.07, 6.45) is 1.49. The van der Waals surface area contributed by atoms with Crippen LogP contribution < -0.4 is 10.1 Å². The lowest BCUT2D eigenvalue weighted by Crippen LogP contribution is -1.99. The summed E-state index contributed by atoms with van der Waals surface area (Å²) >= 11 is 3.47. The van der Waals surface area contributed by atoms with Crippen LogP contribution in [0.1, 0.15) is 5.56 Å². The molecule has 0 radical (unpaired) electrons. The third kappa shape index (κ3) is 2.83. The van der Waals surface area contributed by atoms with Crippen molar-refractivity contribution in [3.8, 4) is 11.6 Å². The molecule has 0 aliphatic rings. The van der Waals surface area contributed by atoms with Crippen LogP contribution in [0, 0.1) is 6.92 Å². The summed E-state index contributed by atoms with van der Waals surface area (Å²) in [6, 6.07) is 12.1. The Bertz CT molecular complexity index is 805. The second-order valence-electron chi connectivity index (χ2n) is 4.66. The highest BCUT2D eigenvalue weighted by Gasteiger charge is 2.08. The molecule has 0 amide bonds. The molecule has 4 nitrogen and oxygen atoms in total. The fraction of sp³-hybridized carbons (Fsp3) is 0.125. The van der Waals surface area contributed by atoms with Crippen LogP contribution in [0.15, 0.2) is 47.2 Å². The van der Waals surface area contributed by atoms with Crippen LogP contribution in [-0.2, 0) is 0 Å². The Morgan fingerprint density at radius 2 is 1.81 bits per heavy atom. The standard InChI is InChI=1S/C16H14BrN3O/c1-10-15(18-2)19-9-20-16(10)21-14-6-4-11-7-13(17)5-3-12(11)8-14/h3-9H,1-2H3,(H,18,19,20). The third-order valence-electron chi connectivity index (χ3n) is 3.26. The number of halogens is 1. The predicted octanol–water partition coefficient (Wildman–Crippen LogP) is 4.53. The molecule has 0 atom stereocenters. The number of anilines is 1. The van der Waals surface area contributed by atoms with Crippen molar-refractivity contribution in [2.45, 2.75) is 6.92 Å². The highest BCUT2D eigenvalue weighted by atomic mass is 79.9. The second-order valence-corrected chi connectivity index (χ2v) is 5.57. The van der Waals surface area contributed by atoms with Crippen LogP contribution in [0.5, 0.6) is 11.6 Å². The van der Waals surface area contributed by atoms with Gasteiger partial charge in [-0.2, -0.15) is 0 Å². The maximum Gasteiger partial charge on any atom is 0.227 e. The van der Waals surface area contributed by atoms with Crippen LogP contribution in [0.4, 0.5) is 5.82 Å². The molecule has 0 aliphatic heterocycles. The number of fused-ring (bicyclic) bond motifs is 1. The summed E-state index contributed by atoms with van der Waals surface area (Å²) in [5.41, 5.74) is 0.885. The molecule has 2 aromatic carbocycles. The van der Waals surface area contributed by atoms with E-state index in [0.717, 1.165) is 32.4 Å². The van der Waals surface area contributed by atoms with Gasteiger partial charge in [-0.15, -0.1) is 0 Å². The van der Waals surface area contributed by atoms with Crippen LogP contribution in [0.25, 0.3) is 10.8 Å². The Labute approximate surface area is 131 Å². The van der Waals surface area contributed by atoms with Crippen LogP contribution in [0.2, 0.25) is 0 Å². The van der Waals surface area contributed by atoms with E-state index in [1.807, 2.05) is 38.2 Å². The van der Waals surface area contributed by atoms with Crippen molar-refractivity contribution >= 4 is 32.5 Å². The molecule has 0 fully saturated rings. The average Bonchev–Trinajstić information content (AvgIpc) is 2.49. The Morgan fingerprint density at radius 1 is 1.05 bits per heavy atom. The second kappa shape index (κ2) is 5.69. The first-order valence-electron chi connectivity index (χ1n) is 6.54. The van der Waals surface area contributed by atoms with Gasteiger partial charge in [0.2, 0.25) is 5.88 Å². The van der Waals surface area contributed by atoms with E-state index in [1.54, 1.807) is 0 Å². The molecule has 0 saturated carbocycles. The summed E-state index contributed by atoms with van der Waals surface area (Å²) in [5.74, 6) is 2.09. The van der Waals surface area contributed by atoms with E-state index >= 15 is 0 Å². The van der Waals surface area contributed by atoms with Gasteiger partial charge in [0.25, 0.3) is 0 Å². The number of nitrogens with zero attached hydrogens (tertiary/aromatic N) is 2. The Kier molecular flexibility index (Phi) is 3.75. The van der Waals surface area contributed by atoms with Gasteiger partial charge in [0.15, 0.2) is 0 Å². The first kappa shape index (κ1) is 13.8. The lowest BCUT2D eigenvalue weighted by molar-refractivity contribution is 0.458. The molecule has 3 rings (SSSR count). The fourth-order valence-electron chi connectivity index (χ4n) is 2.16. The summed E-state index contributed by atoms with van der Waals surface area (Å²) in [7, 11) is 1.83. The van der Waals surface area contributed by atoms with Crippen molar-refractivity contribution in [2.75, 3.05) is 12.4 Å². The van der Waals surface area contributed by atoms with Crippen molar-refractivity contribution in [1.82, 2.24) is 9.97 Å². The number of nitrogens with one attached hydrogen (secondary N) is 1. The Morgan fingerprint density at radius 3 is 2.62 bits per heavy atom. The minimum Gasteiger partial charge on any atom is -0.439 e. The topological polar surface area (TPSA) is 47.0 Å². The van der Waals surface area contributed by atoms with Crippen LogP contribution >= 0.6 is 15.9 Å². The lowest BCUT2D eigenvalue weighted by Gasteiger charge is -2.10. The normalized spacial score (nSPS) is 10.6. The van der Waals surface area contributed by atoms with Gasteiger partial charge in [-0.3, -0.25) is 0 Å². The van der Waals surface area contributed by atoms with Gasteiger partial charge in [-0.1, -0.05) is 28.1 Å². The zero-order valence-corrected chi connectivity index (χ0v) is 13.3. The Hall–Kier alpha value is -2.14. The van der Waals surface area contributed by atoms with E-state index in [1.165, 1.54) is 6.33 Å². The number of rotatable bonds is 3. The number of hydrogen-bond donors (Lipinski definition) is 1. The molecule has 1 aromatic heterocycles. The van der Waals surface area contributed by atoms with Crippen molar-refractivity contribution in [1.29, 1.82) is 0 Å². The average molecular weight is 344 g/mol. The third-order valence-corrected chi connectivity index (χ3v) is 3.76. The van der Waals surface area contributed by atoms with Gasteiger partial charge in [0.1, 0.15) is 17.9 Å². The predicted molar refractivity (Wildman–Crippen MR) is 88.0 cm³/mol. The zero-order chi connectivity index (χ0) is 14.8. The summed E-state index contributed by atoms with van der Waals surface area (Å²) in [6.45, 7) is 1.93. The fourth-order valence-corrected chi connectivity index (χ4v) is 2.54. The molecule has 21 heavy (non-hydrogen) atoms. The van der Waals surface area contributed by atoms with Gasteiger partial charge in [0.05, 0.1) is 5.56 Å². The minimum absolute atomic E-state index is 0.561. The minimum atomic E-state index is 0.561. The van der Waals surface area contributed by atoms with E-state index in [0.29, 0.717) is 5.88 Å². The maximum absolute atomic E-state index is 5.89. The SMILES string of the molecule is CNc1ncnc(Oc2ccc3cc(Br)ccc3c2)c1C. The Balaban J connectivity index is 1.96. The van der Waals surface area contributed by atoms with Gasteiger partial charge < -0.3 is 10.1 Å². The number of ether oxygens (including phenoxy) is 1. The van der Waals surface area contributed by atoms with Crippen LogP contribution in [0.3, 0.4) is 0 Å². The monoisotopic (exact) mass is 343 g/mol. The molecule has 1 heterocycles. The summed E-state index contributed by atoms with van der Waals surface area (Å²) in [5, 5.41) is 5.30. The van der Waals surface area contributed by atoms with Gasteiger partial charge in [-0.25, -0.2) is 9.97 Å². The molecule has 0 bridgehead atoms. The first-order chi connectivity index (χ1) is 10.2. The smallest absolute Gasteiger partial charge is 0.227 e. The van der Waals surface area contributed by atoms with E-state index in [-0.39, 0.29) is 0 Å². The van der Waals surface area contributed by atoms with E-state index in [9.17, 15) is 0 Å². The van der Waals surface area contributed by atoms with E-state index < -0.39 is 0 Å². The number of aromatic nitrogens is 2. The van der Waals surface area contributed by atoms with Crippen molar-refractivity contribution in [2.24, 2.45) is 0 Å². The van der Waals surface area contributed by atoms with Crippen molar-refractivity contribution in [3.05, 3.63) is 52.8 Å². The lowest BCUT2D eigenvalue weighted by atomic mass is 10.1. The summed E-state index contributed by atoms with van der Waals surface area (Å²) < 4.78 is 6.95. The molecule has 0 aliphatic carbocycles. The quantitative estimate of drug-likeness (QED) is 0.758. The molecule has 1 N–H and O–H groups in total. The molecule has 0 saturated heterocycles. The van der Waals surface area contributed by atoms with Crippen molar-refractivity contribution in [3.63, 3.8) is 0 Å². The summed E-state index contributed by atoms with van der Waals surface area (Å²) in [4.78, 5) is 8.35. The largest absolute Gasteiger partial charge is 0.439 e. The molecular weight excluding hydrogens is 330 g/mol. The first-order valence-corrected chi connectivity index (χ1v) is 7.33. The number of benzene rings is 2. The molecule has 3 aromatic rings. The highest BCUT2D eigenvalue weighted by molar-refractivity contribution is 9.10. The van der Waals surface area contributed by atoms with E-state index in [2.05, 4.69) is 43.3 Å². The van der Waals surface area contributed by atoms with Crippen LogP contribution in [-0.4, -0.2) is 17.0 Å². The molecule has 5 heteroatoms. The van der Waals surface area contributed by atoms with Gasteiger partial charge >= 0.3 is 0 Å². The molecule has 0 spiro atoms.